The van der Waals surface area contributed by atoms with E-state index in [0.29, 0.717) is 18.5 Å². The van der Waals surface area contributed by atoms with Crippen LogP contribution in [0.3, 0.4) is 0 Å². The van der Waals surface area contributed by atoms with Crippen molar-refractivity contribution in [3.05, 3.63) is 29.8 Å². The van der Waals surface area contributed by atoms with Crippen LogP contribution in [0.15, 0.2) is 24.3 Å². The molecule has 0 spiro atoms. The van der Waals surface area contributed by atoms with Gasteiger partial charge < -0.3 is 15.0 Å². The number of hydrogen-bond donors (Lipinski definition) is 1. The second-order valence-corrected chi connectivity index (χ2v) is 6.98. The first-order valence-corrected chi connectivity index (χ1v) is 8.11. The maximum atomic E-state index is 12.1. The quantitative estimate of drug-likeness (QED) is 0.858. The number of amides is 2. The largest absolute Gasteiger partial charge is 0.449 e. The monoisotopic (exact) mass is 332 g/mol. The van der Waals surface area contributed by atoms with Crippen LogP contribution < -0.4 is 10.2 Å². The molecule has 1 saturated heterocycles. The van der Waals surface area contributed by atoms with Crippen molar-refractivity contribution in [1.82, 2.24) is 5.32 Å². The Morgan fingerprint density at radius 1 is 1.21 bits per heavy atom. The number of rotatable bonds is 4. The van der Waals surface area contributed by atoms with Crippen LogP contribution in [0.5, 0.6) is 0 Å². The van der Waals surface area contributed by atoms with E-state index >= 15 is 0 Å². The van der Waals surface area contributed by atoms with Gasteiger partial charge in [-0.2, -0.15) is 0 Å². The fraction of sp³-hybridized carbons (Fsp3) is 0.500. The lowest BCUT2D eigenvalue weighted by atomic mass is 10.1. The molecule has 1 N–H and O–H groups in total. The first kappa shape index (κ1) is 18.0. The molecule has 1 heterocycles. The molecule has 1 aromatic rings. The van der Waals surface area contributed by atoms with Gasteiger partial charge in [0.2, 0.25) is 5.91 Å². The Balaban J connectivity index is 1.97. The lowest BCUT2D eigenvalue weighted by Crippen LogP contribution is -2.46. The Kier molecular flexibility index (Phi) is 5.26. The van der Waals surface area contributed by atoms with E-state index in [9.17, 15) is 14.4 Å². The van der Waals surface area contributed by atoms with Crippen LogP contribution >= 0.6 is 0 Å². The minimum atomic E-state index is -0.878. The lowest BCUT2D eigenvalue weighted by molar-refractivity contribution is -0.130. The number of carbonyl (C=O) groups is 3. The summed E-state index contributed by atoms with van der Waals surface area (Å²) in [7, 11) is 0. The van der Waals surface area contributed by atoms with E-state index in [1.807, 2.05) is 20.8 Å². The second-order valence-electron chi connectivity index (χ2n) is 6.98. The molecule has 0 aromatic heterocycles. The van der Waals surface area contributed by atoms with Gasteiger partial charge in [-0.25, -0.2) is 4.79 Å². The van der Waals surface area contributed by atoms with Crippen molar-refractivity contribution < 1.29 is 19.1 Å². The van der Waals surface area contributed by atoms with Gasteiger partial charge in [-0.3, -0.25) is 9.59 Å². The van der Waals surface area contributed by atoms with Gasteiger partial charge in [-0.15, -0.1) is 0 Å². The van der Waals surface area contributed by atoms with Crippen LogP contribution in [0.1, 0.15) is 50.9 Å². The first-order chi connectivity index (χ1) is 11.2. The number of esters is 1. The van der Waals surface area contributed by atoms with Crippen molar-refractivity contribution >= 4 is 23.5 Å². The summed E-state index contributed by atoms with van der Waals surface area (Å²) in [5.41, 5.74) is 0.732. The minimum absolute atomic E-state index is 0.0952. The molecule has 1 fully saturated rings. The zero-order valence-corrected chi connectivity index (χ0v) is 14.6. The van der Waals surface area contributed by atoms with Crippen molar-refractivity contribution in [3.8, 4) is 0 Å². The number of nitrogens with one attached hydrogen (secondary N) is 1. The van der Waals surface area contributed by atoms with Crippen molar-refractivity contribution in [1.29, 1.82) is 0 Å². The Bertz CT molecular complexity index is 631. The summed E-state index contributed by atoms with van der Waals surface area (Å²) in [5, 5.41) is 2.77. The summed E-state index contributed by atoms with van der Waals surface area (Å²) in [6, 6.07) is 6.66. The van der Waals surface area contributed by atoms with E-state index < -0.39 is 12.1 Å². The molecule has 0 unspecified atom stereocenters. The molecule has 0 radical (unpaired) electrons. The SMILES string of the molecule is C[C@@H](OC(=O)c1ccc(N2CCCC2=O)cc1)C(=O)NC(C)(C)C. The smallest absolute Gasteiger partial charge is 0.338 e. The average molecular weight is 332 g/mol. The van der Waals surface area contributed by atoms with Crippen LogP contribution in [0.25, 0.3) is 0 Å². The highest BCUT2D eigenvalue weighted by Crippen LogP contribution is 2.22. The first-order valence-electron chi connectivity index (χ1n) is 8.11. The second kappa shape index (κ2) is 7.03. The molecule has 130 valence electrons. The summed E-state index contributed by atoms with van der Waals surface area (Å²) >= 11 is 0. The number of hydrogen-bond acceptors (Lipinski definition) is 4. The zero-order chi connectivity index (χ0) is 17.9. The Morgan fingerprint density at radius 3 is 2.33 bits per heavy atom. The number of anilines is 1. The van der Waals surface area contributed by atoms with Crippen LogP contribution in [0.4, 0.5) is 5.69 Å². The van der Waals surface area contributed by atoms with E-state index in [4.69, 9.17) is 4.74 Å². The van der Waals surface area contributed by atoms with Crippen LogP contribution in [-0.2, 0) is 14.3 Å². The Morgan fingerprint density at radius 2 is 1.83 bits per heavy atom. The number of ether oxygens (including phenoxy) is 1. The Hall–Kier alpha value is -2.37. The topological polar surface area (TPSA) is 75.7 Å². The summed E-state index contributed by atoms with van der Waals surface area (Å²) in [6.07, 6.45) is 0.532. The molecule has 1 aromatic carbocycles. The molecule has 0 saturated carbocycles. The minimum Gasteiger partial charge on any atom is -0.449 e. The molecule has 2 amide bonds. The lowest BCUT2D eigenvalue weighted by Gasteiger charge is -2.23. The van der Waals surface area contributed by atoms with E-state index in [-0.39, 0.29) is 17.4 Å². The Labute approximate surface area is 142 Å². The number of nitrogens with zero attached hydrogens (tertiary/aromatic N) is 1. The van der Waals surface area contributed by atoms with Crippen molar-refractivity contribution in [3.63, 3.8) is 0 Å². The van der Waals surface area contributed by atoms with Crippen molar-refractivity contribution in [2.24, 2.45) is 0 Å². The third kappa shape index (κ3) is 4.57. The molecule has 1 atom stereocenters. The molecule has 24 heavy (non-hydrogen) atoms. The molecule has 1 aliphatic heterocycles. The normalized spacial score (nSPS) is 16.0. The van der Waals surface area contributed by atoms with Gasteiger partial charge in [0.1, 0.15) is 0 Å². The van der Waals surface area contributed by atoms with Crippen molar-refractivity contribution in [2.75, 3.05) is 11.4 Å². The number of benzene rings is 1. The third-order valence-electron chi connectivity index (χ3n) is 3.64. The average Bonchev–Trinajstić information content (AvgIpc) is 2.91. The number of carbonyl (C=O) groups excluding carboxylic acids is 3. The van der Waals surface area contributed by atoms with Gasteiger partial charge >= 0.3 is 5.97 Å². The maximum Gasteiger partial charge on any atom is 0.338 e. The predicted molar refractivity (Wildman–Crippen MR) is 90.8 cm³/mol. The van der Waals surface area contributed by atoms with E-state index in [1.54, 1.807) is 29.2 Å². The van der Waals surface area contributed by atoms with Gasteiger partial charge in [-0.1, -0.05) is 0 Å². The molecule has 2 rings (SSSR count). The predicted octanol–water partition coefficient (Wildman–Crippen LogP) is 2.27. The van der Waals surface area contributed by atoms with Gasteiger partial charge in [0, 0.05) is 24.2 Å². The van der Waals surface area contributed by atoms with Crippen molar-refractivity contribution in [2.45, 2.75) is 52.2 Å². The fourth-order valence-electron chi connectivity index (χ4n) is 2.45. The van der Waals surface area contributed by atoms with Crippen LogP contribution in [-0.4, -0.2) is 36.0 Å². The molecular weight excluding hydrogens is 308 g/mol. The van der Waals surface area contributed by atoms with Gasteiger partial charge in [0.25, 0.3) is 5.91 Å². The molecule has 6 heteroatoms. The van der Waals surface area contributed by atoms with Crippen LogP contribution in [0.2, 0.25) is 0 Å². The summed E-state index contributed by atoms with van der Waals surface area (Å²) < 4.78 is 5.20. The highest BCUT2D eigenvalue weighted by molar-refractivity contribution is 5.96. The highest BCUT2D eigenvalue weighted by Gasteiger charge is 2.24. The summed E-state index contributed by atoms with van der Waals surface area (Å²) in [5.74, 6) is -0.807. The molecule has 1 aliphatic rings. The molecule has 0 aliphatic carbocycles. The molecular formula is C18H24N2O4. The summed E-state index contributed by atoms with van der Waals surface area (Å²) in [4.78, 5) is 37.5. The summed E-state index contributed by atoms with van der Waals surface area (Å²) in [6.45, 7) is 7.82. The van der Waals surface area contributed by atoms with Gasteiger partial charge in [0.05, 0.1) is 5.56 Å². The highest BCUT2D eigenvalue weighted by atomic mass is 16.5. The third-order valence-corrected chi connectivity index (χ3v) is 3.64. The van der Waals surface area contributed by atoms with E-state index in [2.05, 4.69) is 5.32 Å². The van der Waals surface area contributed by atoms with Gasteiger partial charge in [0.15, 0.2) is 6.10 Å². The fourth-order valence-corrected chi connectivity index (χ4v) is 2.45. The van der Waals surface area contributed by atoms with Crippen LogP contribution in [0, 0.1) is 0 Å². The van der Waals surface area contributed by atoms with E-state index in [1.165, 1.54) is 6.92 Å². The molecule has 0 bridgehead atoms. The maximum absolute atomic E-state index is 12.1. The van der Waals surface area contributed by atoms with Gasteiger partial charge in [-0.05, 0) is 58.4 Å². The van der Waals surface area contributed by atoms with E-state index in [0.717, 1.165) is 12.1 Å². The molecule has 6 nitrogen and oxygen atoms in total. The standard InChI is InChI=1S/C18H24N2O4/c1-12(16(22)19-18(2,3)4)24-17(23)13-7-9-14(10-8-13)20-11-5-6-15(20)21/h7-10,12H,5-6,11H2,1-4H3,(H,19,22)/t12-/m1/s1. The zero-order valence-electron chi connectivity index (χ0n) is 14.6.